The fourth-order valence-electron chi connectivity index (χ4n) is 2.63. The average Bonchev–Trinajstić information content (AvgIpc) is 2.92. The van der Waals surface area contributed by atoms with Gasteiger partial charge in [0.1, 0.15) is 5.75 Å². The highest BCUT2D eigenvalue weighted by molar-refractivity contribution is 9.10. The molecule has 0 bridgehead atoms. The number of phenolic OH excluding ortho intramolecular Hbond substituents is 1. The molecule has 5 heteroatoms. The summed E-state index contributed by atoms with van der Waals surface area (Å²) in [6.45, 7) is 0.457. The molecule has 0 saturated heterocycles. The third-order valence-corrected chi connectivity index (χ3v) is 4.42. The van der Waals surface area contributed by atoms with Gasteiger partial charge in [-0.05, 0) is 52.9 Å². The lowest BCUT2D eigenvalue weighted by Gasteiger charge is -2.23. The van der Waals surface area contributed by atoms with Crippen LogP contribution in [0.1, 0.15) is 36.0 Å². The summed E-state index contributed by atoms with van der Waals surface area (Å²) in [5.41, 5.74) is 6.22. The van der Waals surface area contributed by atoms with Crippen molar-refractivity contribution in [3.8, 4) is 5.75 Å². The molecule has 1 aliphatic carbocycles. The summed E-state index contributed by atoms with van der Waals surface area (Å²) in [5.74, 6) is 0.376. The maximum absolute atomic E-state index is 12.1. The van der Waals surface area contributed by atoms with Gasteiger partial charge in [0.15, 0.2) is 0 Å². The average molecular weight is 327 g/mol. The van der Waals surface area contributed by atoms with Gasteiger partial charge in [0.2, 0.25) is 0 Å². The van der Waals surface area contributed by atoms with Crippen LogP contribution in [0.15, 0.2) is 22.7 Å². The maximum Gasteiger partial charge on any atom is 0.251 e. The molecule has 1 amide bonds. The van der Waals surface area contributed by atoms with Crippen LogP contribution in [0.25, 0.3) is 0 Å². The number of benzene rings is 1. The van der Waals surface area contributed by atoms with Gasteiger partial charge < -0.3 is 16.2 Å². The van der Waals surface area contributed by atoms with Gasteiger partial charge in [-0.3, -0.25) is 4.79 Å². The Morgan fingerprint density at radius 2 is 2.16 bits per heavy atom. The summed E-state index contributed by atoms with van der Waals surface area (Å²) in [5, 5.41) is 12.6. The van der Waals surface area contributed by atoms with Crippen LogP contribution in [0.3, 0.4) is 0 Å². The zero-order chi connectivity index (χ0) is 13.8. The van der Waals surface area contributed by atoms with Crippen molar-refractivity contribution in [3.63, 3.8) is 0 Å². The molecule has 0 heterocycles. The molecule has 1 aliphatic rings. The number of rotatable bonds is 4. The number of nitrogens with one attached hydrogen (secondary N) is 1. The minimum atomic E-state index is -0.176. The van der Waals surface area contributed by atoms with E-state index < -0.39 is 0 Å². The number of halogens is 1. The minimum absolute atomic E-state index is 0.0285. The molecule has 0 radical (unpaired) electrons. The van der Waals surface area contributed by atoms with E-state index in [-0.39, 0.29) is 17.7 Å². The zero-order valence-electron chi connectivity index (χ0n) is 10.7. The standard InChI is InChI=1S/C14H19BrN2O2/c15-11-6-5-10(7-13(11)18)14(19)17-12(8-16)9-3-1-2-4-9/h5-7,9,12,18H,1-4,8,16H2,(H,17,19). The van der Waals surface area contributed by atoms with Crippen LogP contribution in [-0.2, 0) is 0 Å². The minimum Gasteiger partial charge on any atom is -0.507 e. The predicted molar refractivity (Wildman–Crippen MR) is 78.1 cm³/mol. The fourth-order valence-corrected chi connectivity index (χ4v) is 2.88. The van der Waals surface area contributed by atoms with Crippen molar-refractivity contribution in [1.29, 1.82) is 0 Å². The predicted octanol–water partition coefficient (Wildman–Crippen LogP) is 2.40. The molecule has 104 valence electrons. The highest BCUT2D eigenvalue weighted by atomic mass is 79.9. The molecular formula is C14H19BrN2O2. The van der Waals surface area contributed by atoms with Gasteiger partial charge in [-0.15, -0.1) is 0 Å². The van der Waals surface area contributed by atoms with E-state index in [0.717, 1.165) is 12.8 Å². The van der Waals surface area contributed by atoms with Crippen molar-refractivity contribution >= 4 is 21.8 Å². The largest absolute Gasteiger partial charge is 0.507 e. The van der Waals surface area contributed by atoms with Crippen molar-refractivity contribution in [2.45, 2.75) is 31.7 Å². The Labute approximate surface area is 121 Å². The third kappa shape index (κ3) is 3.48. The number of amides is 1. The van der Waals surface area contributed by atoms with Crippen LogP contribution in [0.4, 0.5) is 0 Å². The molecule has 2 rings (SSSR count). The SMILES string of the molecule is NCC(NC(=O)c1ccc(Br)c(O)c1)C1CCCC1. The highest BCUT2D eigenvalue weighted by Crippen LogP contribution is 2.28. The molecule has 0 spiro atoms. The molecule has 1 saturated carbocycles. The van der Waals surface area contributed by atoms with Gasteiger partial charge in [-0.2, -0.15) is 0 Å². The van der Waals surface area contributed by atoms with Gasteiger partial charge in [-0.25, -0.2) is 0 Å². The number of nitrogens with two attached hydrogens (primary N) is 1. The van der Waals surface area contributed by atoms with Crippen LogP contribution in [-0.4, -0.2) is 23.6 Å². The number of carbonyl (C=O) groups excluding carboxylic acids is 1. The molecular weight excluding hydrogens is 308 g/mol. The number of aromatic hydroxyl groups is 1. The van der Waals surface area contributed by atoms with Gasteiger partial charge in [-0.1, -0.05) is 12.8 Å². The number of hydrogen-bond donors (Lipinski definition) is 3. The number of hydrogen-bond acceptors (Lipinski definition) is 3. The molecule has 1 fully saturated rings. The van der Waals surface area contributed by atoms with Crippen molar-refractivity contribution in [3.05, 3.63) is 28.2 Å². The van der Waals surface area contributed by atoms with Crippen LogP contribution in [0.5, 0.6) is 5.75 Å². The van der Waals surface area contributed by atoms with Gasteiger partial charge in [0.05, 0.1) is 4.47 Å². The van der Waals surface area contributed by atoms with E-state index >= 15 is 0 Å². The monoisotopic (exact) mass is 326 g/mol. The van der Waals surface area contributed by atoms with Gasteiger partial charge in [0.25, 0.3) is 5.91 Å². The van der Waals surface area contributed by atoms with Crippen molar-refractivity contribution in [1.82, 2.24) is 5.32 Å². The van der Waals surface area contributed by atoms with E-state index in [0.29, 0.717) is 22.5 Å². The first-order valence-electron chi connectivity index (χ1n) is 6.61. The second-order valence-electron chi connectivity index (χ2n) is 5.03. The van der Waals surface area contributed by atoms with Crippen LogP contribution in [0, 0.1) is 5.92 Å². The van der Waals surface area contributed by atoms with Gasteiger partial charge >= 0.3 is 0 Å². The Morgan fingerprint density at radius 3 is 2.74 bits per heavy atom. The van der Waals surface area contributed by atoms with E-state index in [1.54, 1.807) is 12.1 Å². The topological polar surface area (TPSA) is 75.3 Å². The lowest BCUT2D eigenvalue weighted by atomic mass is 9.98. The van der Waals surface area contributed by atoms with E-state index in [4.69, 9.17) is 5.73 Å². The normalized spacial score (nSPS) is 17.4. The summed E-state index contributed by atoms with van der Waals surface area (Å²) in [7, 11) is 0. The van der Waals surface area contributed by atoms with Crippen LogP contribution in [0.2, 0.25) is 0 Å². The number of carbonyl (C=O) groups is 1. The zero-order valence-corrected chi connectivity index (χ0v) is 12.3. The molecule has 0 aromatic heterocycles. The van der Waals surface area contributed by atoms with Crippen molar-refractivity contribution in [2.75, 3.05) is 6.54 Å². The summed E-state index contributed by atoms with van der Waals surface area (Å²) in [6.07, 6.45) is 4.70. The summed E-state index contributed by atoms with van der Waals surface area (Å²) in [4.78, 5) is 12.1. The first-order valence-corrected chi connectivity index (χ1v) is 7.40. The second kappa shape index (κ2) is 6.39. The van der Waals surface area contributed by atoms with E-state index in [2.05, 4.69) is 21.2 Å². The van der Waals surface area contributed by atoms with E-state index in [1.165, 1.54) is 18.9 Å². The smallest absolute Gasteiger partial charge is 0.251 e. The quantitative estimate of drug-likeness (QED) is 0.795. The second-order valence-corrected chi connectivity index (χ2v) is 5.88. The van der Waals surface area contributed by atoms with Crippen molar-refractivity contribution in [2.24, 2.45) is 11.7 Å². The van der Waals surface area contributed by atoms with Gasteiger partial charge in [0, 0.05) is 18.2 Å². The molecule has 4 nitrogen and oxygen atoms in total. The lowest BCUT2D eigenvalue weighted by molar-refractivity contribution is 0.0923. The Kier molecular flexibility index (Phi) is 4.82. The molecule has 1 aromatic carbocycles. The third-order valence-electron chi connectivity index (χ3n) is 3.75. The molecule has 1 aromatic rings. The van der Waals surface area contributed by atoms with E-state index in [9.17, 15) is 9.90 Å². The molecule has 1 atom stereocenters. The van der Waals surface area contributed by atoms with Crippen LogP contribution >= 0.6 is 15.9 Å². The molecule has 0 aliphatic heterocycles. The maximum atomic E-state index is 12.1. The molecule has 1 unspecified atom stereocenters. The van der Waals surface area contributed by atoms with E-state index in [1.807, 2.05) is 0 Å². The van der Waals surface area contributed by atoms with Crippen molar-refractivity contribution < 1.29 is 9.90 Å². The molecule has 19 heavy (non-hydrogen) atoms. The van der Waals surface area contributed by atoms with Crippen LogP contribution < -0.4 is 11.1 Å². The Morgan fingerprint density at radius 1 is 1.47 bits per heavy atom. The number of phenols is 1. The highest BCUT2D eigenvalue weighted by Gasteiger charge is 2.25. The Hall–Kier alpha value is -1.07. The summed E-state index contributed by atoms with van der Waals surface area (Å²) in [6, 6.07) is 4.83. The summed E-state index contributed by atoms with van der Waals surface area (Å²) < 4.78 is 0.579. The fraction of sp³-hybridized carbons (Fsp3) is 0.500. The Balaban J connectivity index is 2.04. The summed E-state index contributed by atoms with van der Waals surface area (Å²) >= 11 is 3.20. The first-order chi connectivity index (χ1) is 9.11. The lowest BCUT2D eigenvalue weighted by Crippen LogP contribution is -2.44. The first kappa shape index (κ1) is 14.3. The Bertz CT molecular complexity index is 459. The molecule has 4 N–H and O–H groups in total.